The zero-order valence-corrected chi connectivity index (χ0v) is 10.6. The van der Waals surface area contributed by atoms with Crippen molar-refractivity contribution in [2.75, 3.05) is 0 Å². The molecule has 3 rings (SSSR count). The highest BCUT2D eigenvalue weighted by Gasteiger charge is 2.34. The van der Waals surface area contributed by atoms with Gasteiger partial charge in [-0.25, -0.2) is 0 Å². The number of hydrogen-bond donors (Lipinski definition) is 1. The number of aromatic nitrogens is 1. The molecule has 2 aromatic rings. The highest BCUT2D eigenvalue weighted by atomic mass is 16.2. The van der Waals surface area contributed by atoms with E-state index in [9.17, 15) is 9.59 Å². The molecule has 1 aromatic heterocycles. The number of pyridine rings is 1. The lowest BCUT2D eigenvalue weighted by molar-refractivity contribution is -0.136. The minimum absolute atomic E-state index is 0.0974. The molecule has 0 spiro atoms. The van der Waals surface area contributed by atoms with E-state index in [1.165, 1.54) is 0 Å². The molecule has 0 saturated carbocycles. The van der Waals surface area contributed by atoms with Crippen LogP contribution >= 0.6 is 0 Å². The Bertz CT molecular complexity index is 661. The molecule has 1 aliphatic heterocycles. The van der Waals surface area contributed by atoms with Crippen molar-refractivity contribution >= 4 is 22.7 Å². The highest BCUT2D eigenvalue weighted by molar-refractivity contribution is 6.00. The zero-order chi connectivity index (χ0) is 13.4. The first-order valence-electron chi connectivity index (χ1n) is 6.34. The van der Waals surface area contributed by atoms with Crippen LogP contribution in [0.15, 0.2) is 36.5 Å². The van der Waals surface area contributed by atoms with E-state index in [0.29, 0.717) is 6.42 Å². The minimum atomic E-state index is -0.217. The predicted octanol–water partition coefficient (Wildman–Crippen LogP) is 2.00. The molecule has 0 aliphatic carbocycles. The standard InChI is InChI=1S/C15H14N2O2/c1-9-12(8-13(18)17-15(9)19)11-6-2-4-10-5-3-7-16-14(10)11/h2-7,9,12H,8H2,1H3,(H,17,18,19). The summed E-state index contributed by atoms with van der Waals surface area (Å²) in [5.74, 6) is -0.722. The molecule has 0 bridgehead atoms. The molecule has 2 heterocycles. The molecule has 2 atom stereocenters. The second-order valence-electron chi connectivity index (χ2n) is 4.93. The lowest BCUT2D eigenvalue weighted by Gasteiger charge is -2.28. The number of imide groups is 1. The molecule has 4 heteroatoms. The number of carbonyl (C=O) groups excluding carboxylic acids is 2. The number of benzene rings is 1. The zero-order valence-electron chi connectivity index (χ0n) is 10.6. The first-order chi connectivity index (χ1) is 9.16. The summed E-state index contributed by atoms with van der Waals surface area (Å²) in [7, 11) is 0. The van der Waals surface area contributed by atoms with Crippen molar-refractivity contribution in [1.29, 1.82) is 0 Å². The molecule has 19 heavy (non-hydrogen) atoms. The van der Waals surface area contributed by atoms with Gasteiger partial charge in [-0.3, -0.25) is 19.9 Å². The van der Waals surface area contributed by atoms with E-state index in [0.717, 1.165) is 16.5 Å². The van der Waals surface area contributed by atoms with E-state index in [2.05, 4.69) is 10.3 Å². The maximum Gasteiger partial charge on any atom is 0.230 e. The van der Waals surface area contributed by atoms with Gasteiger partial charge in [0.25, 0.3) is 0 Å². The van der Waals surface area contributed by atoms with Gasteiger partial charge in [0.2, 0.25) is 11.8 Å². The van der Waals surface area contributed by atoms with E-state index in [4.69, 9.17) is 0 Å². The second-order valence-corrected chi connectivity index (χ2v) is 4.93. The molecular weight excluding hydrogens is 240 g/mol. The van der Waals surface area contributed by atoms with Crippen molar-refractivity contribution in [2.24, 2.45) is 5.92 Å². The van der Waals surface area contributed by atoms with Crippen LogP contribution in [-0.4, -0.2) is 16.8 Å². The van der Waals surface area contributed by atoms with Gasteiger partial charge in [-0.2, -0.15) is 0 Å². The summed E-state index contributed by atoms with van der Waals surface area (Å²) in [6.07, 6.45) is 2.07. The Kier molecular flexibility index (Phi) is 2.78. The van der Waals surface area contributed by atoms with Crippen molar-refractivity contribution in [3.8, 4) is 0 Å². The topological polar surface area (TPSA) is 59.1 Å². The molecule has 1 aromatic carbocycles. The number of fused-ring (bicyclic) bond motifs is 1. The van der Waals surface area contributed by atoms with E-state index >= 15 is 0 Å². The lowest BCUT2D eigenvalue weighted by atomic mass is 9.80. The van der Waals surface area contributed by atoms with E-state index in [-0.39, 0.29) is 23.7 Å². The summed E-state index contributed by atoms with van der Waals surface area (Å²) in [5, 5.41) is 3.41. The van der Waals surface area contributed by atoms with Crippen molar-refractivity contribution in [3.05, 3.63) is 42.1 Å². The maximum absolute atomic E-state index is 11.8. The van der Waals surface area contributed by atoms with Crippen molar-refractivity contribution in [2.45, 2.75) is 19.3 Å². The first-order valence-corrected chi connectivity index (χ1v) is 6.34. The van der Waals surface area contributed by atoms with Crippen molar-refractivity contribution in [1.82, 2.24) is 10.3 Å². The molecule has 0 radical (unpaired) electrons. The van der Waals surface area contributed by atoms with Crippen LogP contribution in [0.25, 0.3) is 10.9 Å². The minimum Gasteiger partial charge on any atom is -0.296 e. The molecule has 1 fully saturated rings. The Labute approximate surface area is 110 Å². The molecule has 4 nitrogen and oxygen atoms in total. The Morgan fingerprint density at radius 1 is 1.21 bits per heavy atom. The van der Waals surface area contributed by atoms with Crippen LogP contribution in [-0.2, 0) is 9.59 Å². The smallest absolute Gasteiger partial charge is 0.230 e. The average Bonchev–Trinajstić information content (AvgIpc) is 2.42. The summed E-state index contributed by atoms with van der Waals surface area (Å²) < 4.78 is 0. The van der Waals surface area contributed by atoms with Crippen LogP contribution in [0.4, 0.5) is 0 Å². The van der Waals surface area contributed by atoms with Crippen LogP contribution < -0.4 is 5.32 Å². The SMILES string of the molecule is CC1C(=O)NC(=O)CC1c1cccc2cccnc12. The van der Waals surface area contributed by atoms with Gasteiger partial charge in [-0.15, -0.1) is 0 Å². The summed E-state index contributed by atoms with van der Waals surface area (Å²) in [4.78, 5) is 27.8. The number of nitrogens with zero attached hydrogens (tertiary/aromatic N) is 1. The van der Waals surface area contributed by atoms with Gasteiger partial charge in [0, 0.05) is 29.8 Å². The molecule has 2 amide bonds. The first kappa shape index (κ1) is 11.8. The fraction of sp³-hybridized carbons (Fsp3) is 0.267. The van der Waals surface area contributed by atoms with Gasteiger partial charge >= 0.3 is 0 Å². The van der Waals surface area contributed by atoms with Crippen LogP contribution in [0, 0.1) is 5.92 Å². The highest BCUT2D eigenvalue weighted by Crippen LogP contribution is 2.34. The van der Waals surface area contributed by atoms with Crippen LogP contribution in [0.3, 0.4) is 0 Å². The van der Waals surface area contributed by atoms with E-state index in [1.807, 2.05) is 37.3 Å². The monoisotopic (exact) mass is 254 g/mol. The van der Waals surface area contributed by atoms with E-state index < -0.39 is 0 Å². The van der Waals surface area contributed by atoms with Gasteiger partial charge < -0.3 is 0 Å². The average molecular weight is 254 g/mol. The summed E-state index contributed by atoms with van der Waals surface area (Å²) in [6, 6.07) is 9.77. The Morgan fingerprint density at radius 3 is 2.84 bits per heavy atom. The van der Waals surface area contributed by atoms with Crippen LogP contribution in [0.1, 0.15) is 24.8 Å². The summed E-state index contributed by atoms with van der Waals surface area (Å²) >= 11 is 0. The number of amides is 2. The third-order valence-electron chi connectivity index (χ3n) is 3.75. The van der Waals surface area contributed by atoms with Crippen LogP contribution in [0.2, 0.25) is 0 Å². The second kappa shape index (κ2) is 4.46. The van der Waals surface area contributed by atoms with Gasteiger partial charge in [-0.1, -0.05) is 31.2 Å². The maximum atomic E-state index is 11.8. The normalized spacial score (nSPS) is 23.4. The van der Waals surface area contributed by atoms with Crippen molar-refractivity contribution in [3.63, 3.8) is 0 Å². The third kappa shape index (κ3) is 1.99. The third-order valence-corrected chi connectivity index (χ3v) is 3.75. The Morgan fingerprint density at radius 2 is 2.00 bits per heavy atom. The van der Waals surface area contributed by atoms with Gasteiger partial charge in [-0.05, 0) is 11.6 Å². The predicted molar refractivity (Wildman–Crippen MR) is 71.4 cm³/mol. The number of piperidine rings is 1. The lowest BCUT2D eigenvalue weighted by Crippen LogP contribution is -2.43. The van der Waals surface area contributed by atoms with E-state index in [1.54, 1.807) is 6.20 Å². The quantitative estimate of drug-likeness (QED) is 0.792. The van der Waals surface area contributed by atoms with Gasteiger partial charge in [0.1, 0.15) is 0 Å². The number of hydrogen-bond acceptors (Lipinski definition) is 3. The molecule has 1 saturated heterocycles. The largest absolute Gasteiger partial charge is 0.296 e. The summed E-state index contributed by atoms with van der Waals surface area (Å²) in [5.41, 5.74) is 1.86. The fourth-order valence-electron chi connectivity index (χ4n) is 2.67. The Balaban J connectivity index is 2.13. The Hall–Kier alpha value is -2.23. The van der Waals surface area contributed by atoms with Gasteiger partial charge in [0.15, 0.2) is 0 Å². The molecule has 96 valence electrons. The molecule has 1 N–H and O–H groups in total. The van der Waals surface area contributed by atoms with Crippen molar-refractivity contribution < 1.29 is 9.59 Å². The number of para-hydroxylation sites is 1. The number of nitrogens with one attached hydrogen (secondary N) is 1. The van der Waals surface area contributed by atoms with Gasteiger partial charge in [0.05, 0.1) is 5.52 Å². The molecule has 2 unspecified atom stereocenters. The molecular formula is C15H14N2O2. The fourth-order valence-corrected chi connectivity index (χ4v) is 2.67. The van der Waals surface area contributed by atoms with Crippen LogP contribution in [0.5, 0.6) is 0 Å². The summed E-state index contributed by atoms with van der Waals surface area (Å²) in [6.45, 7) is 1.86. The number of carbonyl (C=O) groups is 2. The molecule has 1 aliphatic rings. The number of rotatable bonds is 1.